The Morgan fingerprint density at radius 1 is 1.64 bits per heavy atom. The molecule has 0 aliphatic rings. The Morgan fingerprint density at radius 3 is 2.93 bits per heavy atom. The number of hydrogen-bond acceptors (Lipinski definition) is 3. The fraction of sp³-hybridized carbons (Fsp3) is 0.200. The van der Waals surface area contributed by atoms with E-state index >= 15 is 0 Å². The Kier molecular flexibility index (Phi) is 3.99. The van der Waals surface area contributed by atoms with Crippen LogP contribution in [0.3, 0.4) is 0 Å². The summed E-state index contributed by atoms with van der Waals surface area (Å²) in [6.45, 7) is 1.51. The molecule has 0 saturated heterocycles. The number of halogens is 1. The highest BCUT2D eigenvalue weighted by Gasteiger charge is 2.07. The number of Topliss-reactive ketones (excluding diaryl/α,β-unsaturated/α-hetero) is 1. The molecule has 0 saturated carbocycles. The number of nitriles is 1. The van der Waals surface area contributed by atoms with E-state index in [0.717, 1.165) is 0 Å². The lowest BCUT2D eigenvalue weighted by Gasteiger charge is -2.03. The number of hydrogen-bond donors (Lipinski definition) is 0. The number of benzene rings is 1. The lowest BCUT2D eigenvalue weighted by atomic mass is 10.2. The molecule has 0 aromatic heterocycles. The number of ketones is 1. The second-order valence-corrected chi connectivity index (χ2v) is 4.11. The average molecular weight is 226 g/mol. The molecule has 1 aromatic carbocycles. The molecule has 0 amide bonds. The summed E-state index contributed by atoms with van der Waals surface area (Å²) in [4.78, 5) is 11.5. The molecule has 0 radical (unpaired) electrons. The van der Waals surface area contributed by atoms with E-state index in [-0.39, 0.29) is 5.78 Å². The maximum atomic E-state index is 10.8. The monoisotopic (exact) mass is 225 g/mol. The molecule has 0 unspecified atom stereocenters. The predicted octanol–water partition coefficient (Wildman–Crippen LogP) is 2.89. The van der Waals surface area contributed by atoms with Gasteiger partial charge in [-0.15, -0.1) is 11.8 Å². The highest BCUT2D eigenvalue weighted by Crippen LogP contribution is 2.30. The summed E-state index contributed by atoms with van der Waals surface area (Å²) in [6.07, 6.45) is 0. The third kappa shape index (κ3) is 2.76. The number of nitrogens with zero attached hydrogens (tertiary/aromatic N) is 1. The van der Waals surface area contributed by atoms with Crippen molar-refractivity contribution in [3.8, 4) is 6.07 Å². The normalized spacial score (nSPS) is 9.50. The maximum absolute atomic E-state index is 10.8. The minimum atomic E-state index is 0.0683. The number of carbonyl (C=O) groups excluding carboxylic acids is 1. The summed E-state index contributed by atoms with van der Waals surface area (Å²) in [5.41, 5.74) is 0.517. The van der Waals surface area contributed by atoms with Crippen molar-refractivity contribution in [2.45, 2.75) is 11.8 Å². The van der Waals surface area contributed by atoms with E-state index < -0.39 is 0 Å². The Bertz CT molecular complexity index is 398. The van der Waals surface area contributed by atoms with E-state index in [4.69, 9.17) is 16.9 Å². The highest BCUT2D eigenvalue weighted by molar-refractivity contribution is 8.00. The van der Waals surface area contributed by atoms with Crippen molar-refractivity contribution in [1.82, 2.24) is 0 Å². The van der Waals surface area contributed by atoms with Crippen LogP contribution in [0.4, 0.5) is 0 Å². The average Bonchev–Trinajstić information content (AvgIpc) is 2.15. The highest BCUT2D eigenvalue weighted by atomic mass is 35.5. The van der Waals surface area contributed by atoms with Crippen molar-refractivity contribution in [2.24, 2.45) is 0 Å². The van der Waals surface area contributed by atoms with Gasteiger partial charge in [-0.25, -0.2) is 0 Å². The minimum absolute atomic E-state index is 0.0683. The molecule has 14 heavy (non-hydrogen) atoms. The Labute approximate surface area is 91.9 Å². The first-order valence-electron chi connectivity index (χ1n) is 3.96. The van der Waals surface area contributed by atoms with Gasteiger partial charge in [-0.05, 0) is 19.1 Å². The summed E-state index contributed by atoms with van der Waals surface area (Å²) >= 11 is 7.21. The smallest absolute Gasteiger partial charge is 0.140 e. The summed E-state index contributed by atoms with van der Waals surface area (Å²) < 4.78 is 0. The Balaban J connectivity index is 2.94. The van der Waals surface area contributed by atoms with Crippen LogP contribution in [0.5, 0.6) is 0 Å². The molecule has 0 aliphatic carbocycles. The van der Waals surface area contributed by atoms with Crippen LogP contribution in [-0.4, -0.2) is 11.5 Å². The predicted molar refractivity (Wildman–Crippen MR) is 57.6 cm³/mol. The molecule has 0 heterocycles. The Hall–Kier alpha value is -0.980. The summed E-state index contributed by atoms with van der Waals surface area (Å²) in [6, 6.07) is 7.17. The number of thioether (sulfide) groups is 1. The SMILES string of the molecule is CC(=O)CSc1c(Cl)cccc1C#N. The molecular formula is C10H8ClNOS. The van der Waals surface area contributed by atoms with Crippen molar-refractivity contribution >= 4 is 29.1 Å². The van der Waals surface area contributed by atoms with E-state index in [2.05, 4.69) is 0 Å². The van der Waals surface area contributed by atoms with Gasteiger partial charge >= 0.3 is 0 Å². The van der Waals surface area contributed by atoms with Gasteiger partial charge in [0, 0.05) is 4.90 Å². The molecule has 1 rings (SSSR count). The Morgan fingerprint density at radius 2 is 2.36 bits per heavy atom. The third-order valence-corrected chi connectivity index (χ3v) is 3.21. The maximum Gasteiger partial charge on any atom is 0.140 e. The molecule has 72 valence electrons. The lowest BCUT2D eigenvalue weighted by Crippen LogP contribution is -1.94. The second kappa shape index (κ2) is 5.04. The summed E-state index contributed by atoms with van der Waals surface area (Å²) in [5.74, 6) is 0.414. The molecule has 2 nitrogen and oxygen atoms in total. The first-order valence-corrected chi connectivity index (χ1v) is 5.32. The molecule has 0 bridgehead atoms. The molecule has 1 aromatic rings. The quantitative estimate of drug-likeness (QED) is 0.743. The molecule has 0 atom stereocenters. The van der Waals surface area contributed by atoms with Crippen LogP contribution >= 0.6 is 23.4 Å². The third-order valence-electron chi connectivity index (χ3n) is 1.51. The van der Waals surface area contributed by atoms with Crippen LogP contribution in [-0.2, 0) is 4.79 Å². The van der Waals surface area contributed by atoms with E-state index in [0.29, 0.717) is 21.2 Å². The molecule has 0 spiro atoms. The van der Waals surface area contributed by atoms with Gasteiger partial charge in [-0.2, -0.15) is 5.26 Å². The minimum Gasteiger partial charge on any atom is -0.299 e. The molecular weight excluding hydrogens is 218 g/mol. The number of carbonyl (C=O) groups is 1. The fourth-order valence-corrected chi connectivity index (χ4v) is 2.08. The van der Waals surface area contributed by atoms with Crippen LogP contribution in [0.25, 0.3) is 0 Å². The standard InChI is InChI=1S/C10H8ClNOS/c1-7(13)6-14-10-8(5-12)3-2-4-9(10)11/h2-4H,6H2,1H3. The van der Waals surface area contributed by atoms with E-state index in [9.17, 15) is 4.79 Å². The zero-order chi connectivity index (χ0) is 10.6. The zero-order valence-corrected chi connectivity index (χ0v) is 9.15. The second-order valence-electron chi connectivity index (χ2n) is 2.72. The van der Waals surface area contributed by atoms with Gasteiger partial charge < -0.3 is 0 Å². The van der Waals surface area contributed by atoms with Gasteiger partial charge in [0.15, 0.2) is 0 Å². The van der Waals surface area contributed by atoms with Crippen molar-refractivity contribution in [2.75, 3.05) is 5.75 Å². The van der Waals surface area contributed by atoms with Crippen LogP contribution in [0, 0.1) is 11.3 Å². The van der Waals surface area contributed by atoms with Gasteiger partial charge in [-0.1, -0.05) is 17.7 Å². The van der Waals surface area contributed by atoms with Crippen molar-refractivity contribution in [1.29, 1.82) is 5.26 Å². The first kappa shape index (κ1) is 11.1. The van der Waals surface area contributed by atoms with Crippen LogP contribution in [0.1, 0.15) is 12.5 Å². The van der Waals surface area contributed by atoms with Crippen molar-refractivity contribution < 1.29 is 4.79 Å². The summed E-state index contributed by atoms with van der Waals surface area (Å²) in [5, 5.41) is 9.32. The van der Waals surface area contributed by atoms with Crippen LogP contribution in [0.2, 0.25) is 5.02 Å². The molecule has 0 N–H and O–H groups in total. The first-order chi connectivity index (χ1) is 6.65. The number of rotatable bonds is 3. The molecule has 4 heteroatoms. The fourth-order valence-electron chi connectivity index (χ4n) is 0.917. The van der Waals surface area contributed by atoms with E-state index in [1.165, 1.54) is 18.7 Å². The van der Waals surface area contributed by atoms with Gasteiger partial charge in [0.2, 0.25) is 0 Å². The van der Waals surface area contributed by atoms with Crippen LogP contribution in [0.15, 0.2) is 23.1 Å². The van der Waals surface area contributed by atoms with Crippen molar-refractivity contribution in [3.05, 3.63) is 28.8 Å². The van der Waals surface area contributed by atoms with Gasteiger partial charge in [0.25, 0.3) is 0 Å². The zero-order valence-electron chi connectivity index (χ0n) is 7.58. The van der Waals surface area contributed by atoms with Crippen molar-refractivity contribution in [3.63, 3.8) is 0 Å². The van der Waals surface area contributed by atoms with Crippen LogP contribution < -0.4 is 0 Å². The topological polar surface area (TPSA) is 40.9 Å². The van der Waals surface area contributed by atoms with Gasteiger partial charge in [0.05, 0.1) is 16.3 Å². The van der Waals surface area contributed by atoms with Gasteiger partial charge in [0.1, 0.15) is 11.9 Å². The van der Waals surface area contributed by atoms with E-state index in [1.807, 2.05) is 6.07 Å². The summed E-state index contributed by atoms with van der Waals surface area (Å²) in [7, 11) is 0. The lowest BCUT2D eigenvalue weighted by molar-refractivity contribution is -0.114. The largest absolute Gasteiger partial charge is 0.299 e. The molecule has 0 aliphatic heterocycles. The molecule has 0 fully saturated rings. The van der Waals surface area contributed by atoms with Gasteiger partial charge in [-0.3, -0.25) is 4.79 Å². The van der Waals surface area contributed by atoms with E-state index in [1.54, 1.807) is 18.2 Å².